The summed E-state index contributed by atoms with van der Waals surface area (Å²) in [5.74, 6) is -1.57. The predicted molar refractivity (Wildman–Crippen MR) is 41.7 cm³/mol. The standard InChI is InChI=1S/C7H4F3N3O2/c8-7(9,10)15-5-1-3(12)6(14)4(2-11)13-5/h1,14H,(H2,12,13). The molecule has 0 aliphatic heterocycles. The van der Waals surface area contributed by atoms with Crippen molar-refractivity contribution in [1.29, 1.82) is 5.26 Å². The van der Waals surface area contributed by atoms with Gasteiger partial charge >= 0.3 is 6.36 Å². The fraction of sp³-hybridized carbons (Fsp3) is 0.143. The number of nitrogen functional groups attached to an aromatic ring is 1. The smallest absolute Gasteiger partial charge is 0.503 e. The van der Waals surface area contributed by atoms with Crippen molar-refractivity contribution in [2.24, 2.45) is 0 Å². The van der Waals surface area contributed by atoms with Gasteiger partial charge in [0.1, 0.15) is 6.07 Å². The quantitative estimate of drug-likeness (QED) is 0.738. The number of nitriles is 1. The second-order valence-corrected chi connectivity index (χ2v) is 2.41. The summed E-state index contributed by atoms with van der Waals surface area (Å²) in [5.41, 5.74) is 4.08. The van der Waals surface area contributed by atoms with Crippen LogP contribution in [0, 0.1) is 11.3 Å². The van der Waals surface area contributed by atoms with E-state index in [1.807, 2.05) is 0 Å². The summed E-state index contributed by atoms with van der Waals surface area (Å²) >= 11 is 0. The number of nitrogens with two attached hydrogens (primary N) is 1. The topological polar surface area (TPSA) is 92.2 Å². The molecule has 0 radical (unpaired) electrons. The molecule has 1 rings (SSSR count). The molecule has 0 saturated carbocycles. The van der Waals surface area contributed by atoms with Crippen LogP contribution in [0.25, 0.3) is 0 Å². The summed E-state index contributed by atoms with van der Waals surface area (Å²) in [4.78, 5) is 3.10. The zero-order valence-corrected chi connectivity index (χ0v) is 7.04. The van der Waals surface area contributed by atoms with Gasteiger partial charge in [0, 0.05) is 6.07 Å². The number of nitrogens with zero attached hydrogens (tertiary/aromatic N) is 2. The van der Waals surface area contributed by atoms with Crippen molar-refractivity contribution >= 4 is 5.69 Å². The Bertz CT molecular complexity index is 425. The van der Waals surface area contributed by atoms with Gasteiger partial charge in [0.15, 0.2) is 11.4 Å². The highest BCUT2D eigenvalue weighted by atomic mass is 19.4. The maximum Gasteiger partial charge on any atom is 0.574 e. The Morgan fingerprint density at radius 1 is 1.53 bits per heavy atom. The molecule has 5 nitrogen and oxygen atoms in total. The van der Waals surface area contributed by atoms with Crippen LogP contribution in [-0.4, -0.2) is 16.5 Å². The lowest BCUT2D eigenvalue weighted by molar-refractivity contribution is -0.276. The molecule has 0 aromatic carbocycles. The Hall–Kier alpha value is -2.17. The first-order valence-corrected chi connectivity index (χ1v) is 3.49. The van der Waals surface area contributed by atoms with Gasteiger partial charge < -0.3 is 15.6 Å². The van der Waals surface area contributed by atoms with E-state index in [4.69, 9.17) is 16.1 Å². The molecule has 8 heteroatoms. The molecule has 3 N–H and O–H groups in total. The van der Waals surface area contributed by atoms with E-state index in [1.165, 1.54) is 6.07 Å². The summed E-state index contributed by atoms with van der Waals surface area (Å²) in [6, 6.07) is 2.04. The third kappa shape index (κ3) is 2.63. The van der Waals surface area contributed by atoms with Gasteiger partial charge in [0.2, 0.25) is 5.88 Å². The number of halogens is 3. The van der Waals surface area contributed by atoms with Gasteiger partial charge in [0.05, 0.1) is 5.69 Å². The minimum absolute atomic E-state index is 0.416. The number of aromatic hydroxyl groups is 1. The first-order valence-electron chi connectivity index (χ1n) is 3.49. The third-order valence-electron chi connectivity index (χ3n) is 1.32. The third-order valence-corrected chi connectivity index (χ3v) is 1.32. The largest absolute Gasteiger partial charge is 0.574 e. The molecule has 0 amide bonds. The molecular weight excluding hydrogens is 215 g/mol. The number of hydrogen-bond donors (Lipinski definition) is 2. The van der Waals surface area contributed by atoms with Crippen molar-refractivity contribution in [2.75, 3.05) is 5.73 Å². The van der Waals surface area contributed by atoms with E-state index in [9.17, 15) is 13.2 Å². The van der Waals surface area contributed by atoms with Crippen molar-refractivity contribution in [2.45, 2.75) is 6.36 Å². The number of aromatic nitrogens is 1. The number of rotatable bonds is 1. The molecule has 0 bridgehead atoms. The van der Waals surface area contributed by atoms with Crippen LogP contribution in [-0.2, 0) is 0 Å². The Balaban J connectivity index is 3.13. The van der Waals surface area contributed by atoms with Crippen LogP contribution in [0.2, 0.25) is 0 Å². The number of pyridine rings is 1. The van der Waals surface area contributed by atoms with E-state index in [2.05, 4.69) is 9.72 Å². The van der Waals surface area contributed by atoms with Gasteiger partial charge in [-0.25, -0.2) is 0 Å². The summed E-state index contributed by atoms with van der Waals surface area (Å²) in [7, 11) is 0. The molecule has 0 atom stereocenters. The Morgan fingerprint density at radius 3 is 2.60 bits per heavy atom. The second kappa shape index (κ2) is 3.53. The Morgan fingerprint density at radius 2 is 2.13 bits per heavy atom. The van der Waals surface area contributed by atoms with Crippen LogP contribution < -0.4 is 10.5 Å². The van der Waals surface area contributed by atoms with Gasteiger partial charge in [-0.15, -0.1) is 13.2 Å². The van der Waals surface area contributed by atoms with Crippen molar-refractivity contribution in [3.8, 4) is 17.7 Å². The number of alkyl halides is 3. The molecule has 0 aliphatic carbocycles. The lowest BCUT2D eigenvalue weighted by atomic mass is 10.3. The molecule has 0 saturated heterocycles. The monoisotopic (exact) mass is 219 g/mol. The van der Waals surface area contributed by atoms with E-state index >= 15 is 0 Å². The highest BCUT2D eigenvalue weighted by Gasteiger charge is 2.32. The number of anilines is 1. The first kappa shape index (κ1) is 10.9. The Labute approximate surface area is 81.5 Å². The Kier molecular flexibility index (Phi) is 2.57. The number of hydrogen-bond acceptors (Lipinski definition) is 5. The highest BCUT2D eigenvalue weighted by molar-refractivity contribution is 5.59. The van der Waals surface area contributed by atoms with Crippen LogP contribution in [0.15, 0.2) is 6.07 Å². The molecule has 0 unspecified atom stereocenters. The van der Waals surface area contributed by atoms with Crippen molar-refractivity contribution < 1.29 is 23.0 Å². The molecular formula is C7H4F3N3O2. The zero-order chi connectivity index (χ0) is 11.6. The van der Waals surface area contributed by atoms with Gasteiger partial charge in [-0.1, -0.05) is 0 Å². The fourth-order valence-electron chi connectivity index (χ4n) is 0.782. The lowest BCUT2D eigenvalue weighted by Crippen LogP contribution is -2.18. The van der Waals surface area contributed by atoms with Crippen LogP contribution in [0.1, 0.15) is 5.69 Å². The molecule has 15 heavy (non-hydrogen) atoms. The van der Waals surface area contributed by atoms with E-state index in [1.54, 1.807) is 0 Å². The van der Waals surface area contributed by atoms with Crippen LogP contribution in [0.3, 0.4) is 0 Å². The van der Waals surface area contributed by atoms with Crippen molar-refractivity contribution in [1.82, 2.24) is 4.98 Å². The summed E-state index contributed by atoms with van der Waals surface area (Å²) in [6.07, 6.45) is -4.93. The maximum absolute atomic E-state index is 11.8. The minimum atomic E-state index is -4.93. The summed E-state index contributed by atoms with van der Waals surface area (Å²) in [5, 5.41) is 17.5. The second-order valence-electron chi connectivity index (χ2n) is 2.41. The highest BCUT2D eigenvalue weighted by Crippen LogP contribution is 2.29. The van der Waals surface area contributed by atoms with Gasteiger partial charge in [0.25, 0.3) is 0 Å². The van der Waals surface area contributed by atoms with Crippen LogP contribution in [0.4, 0.5) is 18.9 Å². The molecule has 0 spiro atoms. The number of ether oxygens (including phenoxy) is 1. The first-order chi connectivity index (χ1) is 6.83. The van der Waals surface area contributed by atoms with Crippen molar-refractivity contribution in [3.05, 3.63) is 11.8 Å². The van der Waals surface area contributed by atoms with Crippen molar-refractivity contribution in [3.63, 3.8) is 0 Å². The van der Waals surface area contributed by atoms with E-state index < -0.39 is 29.4 Å². The van der Waals surface area contributed by atoms with E-state index in [0.29, 0.717) is 6.07 Å². The average Bonchev–Trinajstić information content (AvgIpc) is 2.08. The minimum Gasteiger partial charge on any atom is -0.503 e. The SMILES string of the molecule is N#Cc1nc(OC(F)(F)F)cc(N)c1O. The van der Waals surface area contributed by atoms with E-state index in [-0.39, 0.29) is 0 Å². The molecule has 0 aliphatic rings. The van der Waals surface area contributed by atoms with Gasteiger partial charge in [-0.05, 0) is 0 Å². The van der Waals surface area contributed by atoms with Gasteiger partial charge in [-0.3, -0.25) is 0 Å². The van der Waals surface area contributed by atoms with Gasteiger partial charge in [-0.2, -0.15) is 10.2 Å². The van der Waals surface area contributed by atoms with Crippen LogP contribution in [0.5, 0.6) is 11.6 Å². The molecule has 1 aromatic rings. The maximum atomic E-state index is 11.8. The normalized spacial score (nSPS) is 10.8. The average molecular weight is 219 g/mol. The predicted octanol–water partition coefficient (Wildman–Crippen LogP) is 1.14. The molecule has 80 valence electrons. The fourth-order valence-corrected chi connectivity index (χ4v) is 0.782. The summed E-state index contributed by atoms with van der Waals surface area (Å²) in [6.45, 7) is 0. The molecule has 1 aromatic heterocycles. The summed E-state index contributed by atoms with van der Waals surface area (Å²) < 4.78 is 38.7. The van der Waals surface area contributed by atoms with Crippen LogP contribution >= 0.6 is 0 Å². The lowest BCUT2D eigenvalue weighted by Gasteiger charge is -2.09. The zero-order valence-electron chi connectivity index (χ0n) is 7.04. The molecule has 1 heterocycles. The molecule has 0 fully saturated rings. The van der Waals surface area contributed by atoms with E-state index in [0.717, 1.165) is 0 Å².